The van der Waals surface area contributed by atoms with Gasteiger partial charge in [0.25, 0.3) is 5.91 Å². The van der Waals surface area contributed by atoms with Crippen molar-refractivity contribution in [3.05, 3.63) is 24.3 Å². The van der Waals surface area contributed by atoms with Crippen LogP contribution in [0, 0.1) is 0 Å². The van der Waals surface area contributed by atoms with Crippen molar-refractivity contribution < 1.29 is 19.1 Å². The van der Waals surface area contributed by atoms with Crippen LogP contribution >= 0.6 is 0 Å². The SMILES string of the molecule is CCCNC(=O)[C@H]1CN(CC(=O)NC(=O)NC2CCCC2)c2ccccc2O1. The number of nitrogens with zero attached hydrogens (tertiary/aromatic N) is 1. The fourth-order valence-corrected chi connectivity index (χ4v) is 3.59. The maximum atomic E-state index is 12.4. The van der Waals surface area contributed by atoms with Gasteiger partial charge in [0.05, 0.1) is 18.8 Å². The third kappa shape index (κ3) is 5.15. The van der Waals surface area contributed by atoms with Crippen molar-refractivity contribution in [2.75, 3.05) is 24.5 Å². The molecule has 28 heavy (non-hydrogen) atoms. The first kappa shape index (κ1) is 20.0. The molecule has 0 bridgehead atoms. The topological polar surface area (TPSA) is 99.8 Å². The van der Waals surface area contributed by atoms with Gasteiger partial charge >= 0.3 is 6.03 Å². The summed E-state index contributed by atoms with van der Waals surface area (Å²) < 4.78 is 5.81. The molecule has 2 aliphatic rings. The highest BCUT2D eigenvalue weighted by atomic mass is 16.5. The molecule has 0 spiro atoms. The normalized spacial score (nSPS) is 18.8. The molecule has 4 amide bonds. The first-order valence-electron chi connectivity index (χ1n) is 9.95. The van der Waals surface area contributed by atoms with Crippen molar-refractivity contribution in [2.45, 2.75) is 51.2 Å². The standard InChI is InChI=1S/C20H28N4O4/c1-2-11-21-19(26)17-12-24(15-9-5-6-10-16(15)28-17)13-18(25)23-20(27)22-14-7-3-4-8-14/h5-6,9-10,14,17H,2-4,7-8,11-13H2,1H3,(H,21,26)(H2,22,23,25,27)/t17-/m1/s1. The Labute approximate surface area is 165 Å². The Morgan fingerprint density at radius 3 is 2.68 bits per heavy atom. The third-order valence-electron chi connectivity index (χ3n) is 4.98. The minimum Gasteiger partial charge on any atom is -0.477 e. The van der Waals surface area contributed by atoms with Gasteiger partial charge in [0.2, 0.25) is 5.91 Å². The average molecular weight is 388 g/mol. The molecule has 1 heterocycles. The number of fused-ring (bicyclic) bond motifs is 1. The summed E-state index contributed by atoms with van der Waals surface area (Å²) >= 11 is 0. The summed E-state index contributed by atoms with van der Waals surface area (Å²) in [5, 5.41) is 8.05. The number of nitrogens with one attached hydrogen (secondary N) is 3. The molecule has 0 saturated heterocycles. The van der Waals surface area contributed by atoms with E-state index in [1.807, 2.05) is 25.1 Å². The van der Waals surface area contributed by atoms with Crippen LogP contribution in [0.15, 0.2) is 24.3 Å². The summed E-state index contributed by atoms with van der Waals surface area (Å²) in [4.78, 5) is 38.5. The van der Waals surface area contributed by atoms with Crippen LogP contribution in [0.4, 0.5) is 10.5 Å². The highest BCUT2D eigenvalue weighted by molar-refractivity contribution is 5.97. The van der Waals surface area contributed by atoms with Gasteiger partial charge in [-0.05, 0) is 31.4 Å². The van der Waals surface area contributed by atoms with Crippen LogP contribution in [-0.4, -0.2) is 49.6 Å². The molecule has 1 fully saturated rings. The number of amides is 4. The number of urea groups is 1. The molecule has 8 heteroatoms. The van der Waals surface area contributed by atoms with Crippen molar-refractivity contribution in [1.29, 1.82) is 0 Å². The Balaban J connectivity index is 1.61. The minimum atomic E-state index is -0.707. The van der Waals surface area contributed by atoms with E-state index in [2.05, 4.69) is 16.0 Å². The van der Waals surface area contributed by atoms with Gasteiger partial charge in [0.15, 0.2) is 6.10 Å². The second-order valence-electron chi connectivity index (χ2n) is 7.25. The molecule has 152 valence electrons. The third-order valence-corrected chi connectivity index (χ3v) is 4.98. The summed E-state index contributed by atoms with van der Waals surface area (Å²) in [6.45, 7) is 2.76. The highest BCUT2D eigenvalue weighted by Gasteiger charge is 2.31. The molecule has 0 aromatic heterocycles. The zero-order valence-electron chi connectivity index (χ0n) is 16.2. The van der Waals surface area contributed by atoms with E-state index in [1.165, 1.54) is 0 Å². The lowest BCUT2D eigenvalue weighted by molar-refractivity contribution is -0.128. The lowest BCUT2D eigenvalue weighted by atomic mass is 10.1. The number of anilines is 1. The first-order valence-corrected chi connectivity index (χ1v) is 9.95. The lowest BCUT2D eigenvalue weighted by Gasteiger charge is -2.35. The Morgan fingerprint density at radius 2 is 1.93 bits per heavy atom. The van der Waals surface area contributed by atoms with Gasteiger partial charge < -0.3 is 20.3 Å². The Hall–Kier alpha value is -2.77. The number of rotatable bonds is 6. The predicted octanol–water partition coefficient (Wildman–Crippen LogP) is 1.55. The van der Waals surface area contributed by atoms with Crippen LogP contribution in [0.25, 0.3) is 0 Å². The smallest absolute Gasteiger partial charge is 0.321 e. The largest absolute Gasteiger partial charge is 0.477 e. The van der Waals surface area contributed by atoms with Crippen molar-refractivity contribution in [3.63, 3.8) is 0 Å². The van der Waals surface area contributed by atoms with E-state index < -0.39 is 18.0 Å². The zero-order chi connectivity index (χ0) is 19.9. The van der Waals surface area contributed by atoms with E-state index in [0.29, 0.717) is 12.3 Å². The molecule has 8 nitrogen and oxygen atoms in total. The molecule has 1 aromatic carbocycles. The van der Waals surface area contributed by atoms with Gasteiger partial charge in [-0.3, -0.25) is 14.9 Å². The second-order valence-corrected chi connectivity index (χ2v) is 7.25. The number of carbonyl (C=O) groups is 3. The highest BCUT2D eigenvalue weighted by Crippen LogP contribution is 2.32. The molecule has 3 rings (SSSR count). The van der Waals surface area contributed by atoms with E-state index in [-0.39, 0.29) is 25.0 Å². The molecule has 1 aliphatic carbocycles. The molecule has 1 aromatic rings. The van der Waals surface area contributed by atoms with Gasteiger partial charge in [-0.2, -0.15) is 0 Å². The van der Waals surface area contributed by atoms with E-state index in [0.717, 1.165) is 37.8 Å². The van der Waals surface area contributed by atoms with E-state index >= 15 is 0 Å². The van der Waals surface area contributed by atoms with Crippen molar-refractivity contribution in [2.24, 2.45) is 0 Å². The van der Waals surface area contributed by atoms with Gasteiger partial charge in [-0.15, -0.1) is 0 Å². The minimum absolute atomic E-state index is 0.0317. The summed E-state index contributed by atoms with van der Waals surface area (Å²) in [5.41, 5.74) is 0.730. The van der Waals surface area contributed by atoms with Gasteiger partial charge in [-0.1, -0.05) is 31.9 Å². The van der Waals surface area contributed by atoms with Crippen LogP contribution in [0.3, 0.4) is 0 Å². The van der Waals surface area contributed by atoms with Crippen molar-refractivity contribution >= 4 is 23.5 Å². The molecule has 1 aliphatic heterocycles. The molecule has 1 saturated carbocycles. The molecular weight excluding hydrogens is 360 g/mol. The van der Waals surface area contributed by atoms with Gasteiger partial charge in [0, 0.05) is 12.6 Å². The number of hydrogen-bond donors (Lipinski definition) is 3. The van der Waals surface area contributed by atoms with Crippen LogP contribution < -0.4 is 25.6 Å². The van der Waals surface area contributed by atoms with Crippen LogP contribution in [0.2, 0.25) is 0 Å². The number of para-hydroxylation sites is 2. The van der Waals surface area contributed by atoms with E-state index in [9.17, 15) is 14.4 Å². The molecule has 0 unspecified atom stereocenters. The lowest BCUT2D eigenvalue weighted by Crippen LogP contribution is -2.52. The number of hydrogen-bond acceptors (Lipinski definition) is 5. The molecule has 3 N–H and O–H groups in total. The number of carbonyl (C=O) groups excluding carboxylic acids is 3. The summed E-state index contributed by atoms with van der Waals surface area (Å²) in [7, 11) is 0. The molecule has 0 radical (unpaired) electrons. The van der Waals surface area contributed by atoms with Crippen molar-refractivity contribution in [1.82, 2.24) is 16.0 Å². The van der Waals surface area contributed by atoms with Gasteiger partial charge in [0.1, 0.15) is 5.75 Å². The molecular formula is C20H28N4O4. The quantitative estimate of drug-likeness (QED) is 0.687. The zero-order valence-corrected chi connectivity index (χ0v) is 16.2. The first-order chi connectivity index (χ1) is 13.6. The summed E-state index contributed by atoms with van der Waals surface area (Å²) in [6.07, 6.45) is 4.23. The number of ether oxygens (including phenoxy) is 1. The number of benzene rings is 1. The van der Waals surface area contributed by atoms with Crippen LogP contribution in [0.5, 0.6) is 5.75 Å². The monoisotopic (exact) mass is 388 g/mol. The summed E-state index contributed by atoms with van der Waals surface area (Å²) in [5.74, 6) is -0.0748. The van der Waals surface area contributed by atoms with Crippen LogP contribution in [0.1, 0.15) is 39.0 Å². The molecule has 1 atom stereocenters. The van der Waals surface area contributed by atoms with E-state index in [4.69, 9.17) is 4.74 Å². The maximum absolute atomic E-state index is 12.4. The van der Waals surface area contributed by atoms with Gasteiger partial charge in [-0.25, -0.2) is 4.79 Å². The Morgan fingerprint density at radius 1 is 1.18 bits per heavy atom. The van der Waals surface area contributed by atoms with E-state index in [1.54, 1.807) is 11.0 Å². The predicted molar refractivity (Wildman–Crippen MR) is 105 cm³/mol. The Bertz CT molecular complexity index is 718. The van der Waals surface area contributed by atoms with Crippen molar-refractivity contribution in [3.8, 4) is 5.75 Å². The average Bonchev–Trinajstić information content (AvgIpc) is 3.18. The maximum Gasteiger partial charge on any atom is 0.321 e. The second kappa shape index (κ2) is 9.43. The fraction of sp³-hybridized carbons (Fsp3) is 0.550. The Kier molecular flexibility index (Phi) is 6.73. The summed E-state index contributed by atoms with van der Waals surface area (Å²) in [6, 6.07) is 6.95. The van der Waals surface area contributed by atoms with Crippen LogP contribution in [-0.2, 0) is 9.59 Å². The fourth-order valence-electron chi connectivity index (χ4n) is 3.59. The number of imide groups is 1.